The molecule has 0 amide bonds. The quantitative estimate of drug-likeness (QED) is 0.703. The first-order valence-corrected chi connectivity index (χ1v) is 7.28. The molecule has 0 heterocycles. The lowest BCUT2D eigenvalue weighted by Crippen LogP contribution is -2.36. The zero-order valence-corrected chi connectivity index (χ0v) is 14.0. The fourth-order valence-electron chi connectivity index (χ4n) is 1.81. The van der Waals surface area contributed by atoms with Gasteiger partial charge in [0.15, 0.2) is 0 Å². The molecule has 0 spiro atoms. The van der Waals surface area contributed by atoms with E-state index in [1.165, 1.54) is 0 Å². The third-order valence-corrected chi connectivity index (χ3v) is 2.82. The Balaban J connectivity index is 4.61. The number of carbonyl (C=O) groups is 1. The molecule has 0 rings (SSSR count). The van der Waals surface area contributed by atoms with Crippen molar-refractivity contribution in [1.82, 2.24) is 0 Å². The van der Waals surface area contributed by atoms with Crippen LogP contribution in [0.4, 0.5) is 0 Å². The van der Waals surface area contributed by atoms with Crippen molar-refractivity contribution in [1.29, 1.82) is 0 Å². The van der Waals surface area contributed by atoms with Gasteiger partial charge in [0.1, 0.15) is 5.78 Å². The zero-order chi connectivity index (χ0) is 15.3. The van der Waals surface area contributed by atoms with Crippen molar-refractivity contribution >= 4 is 5.78 Å². The van der Waals surface area contributed by atoms with E-state index in [4.69, 9.17) is 9.47 Å². The van der Waals surface area contributed by atoms with Crippen molar-refractivity contribution in [2.75, 3.05) is 6.61 Å². The maximum atomic E-state index is 11.7. The fourth-order valence-corrected chi connectivity index (χ4v) is 1.81. The van der Waals surface area contributed by atoms with Gasteiger partial charge in [-0.05, 0) is 48.5 Å². The number of carbonyl (C=O) groups excluding carboxylic acids is 1. The van der Waals surface area contributed by atoms with Gasteiger partial charge < -0.3 is 9.47 Å². The predicted octanol–water partition coefficient (Wildman–Crippen LogP) is 3.99. The van der Waals surface area contributed by atoms with E-state index >= 15 is 0 Å². The van der Waals surface area contributed by atoms with Gasteiger partial charge in [0.2, 0.25) is 0 Å². The SMILES string of the molecule is CCC(=O)CC(COC(C)(C)C)C(C)OC(C)(C)C. The average Bonchev–Trinajstić information content (AvgIpc) is 2.19. The van der Waals surface area contributed by atoms with Crippen LogP contribution in [0.2, 0.25) is 0 Å². The van der Waals surface area contributed by atoms with Crippen LogP contribution in [0.1, 0.15) is 68.2 Å². The summed E-state index contributed by atoms with van der Waals surface area (Å²) < 4.78 is 11.8. The Hall–Kier alpha value is -0.410. The molecule has 3 heteroatoms. The van der Waals surface area contributed by atoms with E-state index in [1.54, 1.807) is 0 Å². The molecule has 0 fully saturated rings. The van der Waals surface area contributed by atoms with Gasteiger partial charge in [-0.2, -0.15) is 0 Å². The lowest BCUT2D eigenvalue weighted by atomic mass is 9.96. The summed E-state index contributed by atoms with van der Waals surface area (Å²) in [5.74, 6) is 0.387. The Labute approximate surface area is 119 Å². The van der Waals surface area contributed by atoms with Crippen LogP contribution in [0.25, 0.3) is 0 Å². The summed E-state index contributed by atoms with van der Waals surface area (Å²) in [7, 11) is 0. The highest BCUT2D eigenvalue weighted by Gasteiger charge is 2.26. The van der Waals surface area contributed by atoms with Crippen LogP contribution in [0.3, 0.4) is 0 Å². The molecule has 0 saturated carbocycles. The minimum atomic E-state index is -0.200. The zero-order valence-electron chi connectivity index (χ0n) is 14.0. The molecule has 0 aliphatic carbocycles. The van der Waals surface area contributed by atoms with Gasteiger partial charge in [0.05, 0.1) is 23.9 Å². The van der Waals surface area contributed by atoms with Crippen molar-refractivity contribution < 1.29 is 14.3 Å². The summed E-state index contributed by atoms with van der Waals surface area (Å²) in [6, 6.07) is 0. The Morgan fingerprint density at radius 3 is 1.95 bits per heavy atom. The van der Waals surface area contributed by atoms with Crippen LogP contribution in [0.5, 0.6) is 0 Å². The Morgan fingerprint density at radius 2 is 1.58 bits per heavy atom. The van der Waals surface area contributed by atoms with E-state index in [2.05, 4.69) is 0 Å². The monoisotopic (exact) mass is 272 g/mol. The molecular weight excluding hydrogens is 240 g/mol. The highest BCUT2D eigenvalue weighted by atomic mass is 16.5. The first kappa shape index (κ1) is 18.6. The summed E-state index contributed by atoms with van der Waals surface area (Å²) in [6.07, 6.45) is 1.12. The van der Waals surface area contributed by atoms with Gasteiger partial charge >= 0.3 is 0 Å². The van der Waals surface area contributed by atoms with E-state index in [-0.39, 0.29) is 29.0 Å². The highest BCUT2D eigenvalue weighted by Crippen LogP contribution is 2.22. The molecule has 0 aromatic carbocycles. The minimum absolute atomic E-state index is 0.0119. The van der Waals surface area contributed by atoms with Crippen molar-refractivity contribution in [3.8, 4) is 0 Å². The lowest BCUT2D eigenvalue weighted by molar-refractivity contribution is -0.130. The maximum absolute atomic E-state index is 11.7. The molecule has 114 valence electrons. The summed E-state index contributed by atoms with van der Waals surface area (Å²) in [4.78, 5) is 11.7. The van der Waals surface area contributed by atoms with Crippen molar-refractivity contribution in [2.45, 2.75) is 85.5 Å². The smallest absolute Gasteiger partial charge is 0.133 e. The molecule has 2 unspecified atom stereocenters. The van der Waals surface area contributed by atoms with E-state index in [1.807, 2.05) is 55.4 Å². The van der Waals surface area contributed by atoms with Crippen molar-refractivity contribution in [3.05, 3.63) is 0 Å². The summed E-state index contributed by atoms with van der Waals surface area (Å²) in [6.45, 7) is 16.7. The largest absolute Gasteiger partial charge is 0.375 e. The minimum Gasteiger partial charge on any atom is -0.375 e. The van der Waals surface area contributed by atoms with Crippen LogP contribution in [0.15, 0.2) is 0 Å². The van der Waals surface area contributed by atoms with Crippen molar-refractivity contribution in [2.24, 2.45) is 5.92 Å². The molecule has 0 aromatic heterocycles. The Kier molecular flexibility index (Phi) is 7.23. The predicted molar refractivity (Wildman–Crippen MR) is 79.4 cm³/mol. The molecule has 0 saturated heterocycles. The molecule has 0 radical (unpaired) electrons. The molecule has 0 aliphatic heterocycles. The highest BCUT2D eigenvalue weighted by molar-refractivity contribution is 5.78. The molecule has 0 aliphatic rings. The van der Waals surface area contributed by atoms with Gasteiger partial charge in [-0.3, -0.25) is 4.79 Å². The molecule has 3 nitrogen and oxygen atoms in total. The maximum Gasteiger partial charge on any atom is 0.133 e. The van der Waals surface area contributed by atoms with Crippen LogP contribution in [0, 0.1) is 5.92 Å². The topological polar surface area (TPSA) is 35.5 Å². The number of hydrogen-bond acceptors (Lipinski definition) is 3. The third kappa shape index (κ3) is 10.1. The van der Waals surface area contributed by atoms with Gasteiger partial charge in [-0.15, -0.1) is 0 Å². The third-order valence-electron chi connectivity index (χ3n) is 2.82. The number of ketones is 1. The van der Waals surface area contributed by atoms with Crippen LogP contribution < -0.4 is 0 Å². The molecule has 0 bridgehead atoms. The second-order valence-electron chi connectivity index (χ2n) is 7.22. The van der Waals surface area contributed by atoms with Crippen molar-refractivity contribution in [3.63, 3.8) is 0 Å². The number of rotatable bonds is 7. The summed E-state index contributed by atoms with van der Waals surface area (Å²) in [5, 5.41) is 0. The van der Waals surface area contributed by atoms with Crippen LogP contribution in [-0.2, 0) is 14.3 Å². The fraction of sp³-hybridized carbons (Fsp3) is 0.938. The van der Waals surface area contributed by atoms with E-state index in [0.29, 0.717) is 19.4 Å². The van der Waals surface area contributed by atoms with Gasteiger partial charge in [0, 0.05) is 18.8 Å². The standard InChI is InChI=1S/C16H32O3/c1-9-14(17)10-13(11-18-15(3,4)5)12(2)19-16(6,7)8/h12-13H,9-11H2,1-8H3. The second kappa shape index (κ2) is 7.39. The van der Waals surface area contributed by atoms with E-state index < -0.39 is 0 Å². The molecule has 0 N–H and O–H groups in total. The van der Waals surface area contributed by atoms with Gasteiger partial charge in [-0.25, -0.2) is 0 Å². The van der Waals surface area contributed by atoms with E-state index in [0.717, 1.165) is 0 Å². The first-order valence-electron chi connectivity index (χ1n) is 7.28. The molecule has 0 aromatic rings. The second-order valence-corrected chi connectivity index (χ2v) is 7.22. The number of Topliss-reactive ketones (excluding diaryl/α,β-unsaturated/α-hetero) is 1. The molecular formula is C16H32O3. The lowest BCUT2D eigenvalue weighted by Gasteiger charge is -2.32. The first-order chi connectivity index (χ1) is 8.44. The van der Waals surface area contributed by atoms with E-state index in [9.17, 15) is 4.79 Å². The number of hydrogen-bond donors (Lipinski definition) is 0. The average molecular weight is 272 g/mol. The Bertz CT molecular complexity index is 271. The van der Waals surface area contributed by atoms with Crippen LogP contribution >= 0.6 is 0 Å². The molecule has 19 heavy (non-hydrogen) atoms. The molecule has 2 atom stereocenters. The Morgan fingerprint density at radius 1 is 1.05 bits per heavy atom. The number of ether oxygens (including phenoxy) is 2. The summed E-state index contributed by atoms with van der Waals surface area (Å²) >= 11 is 0. The van der Waals surface area contributed by atoms with Crippen LogP contribution in [-0.4, -0.2) is 29.7 Å². The van der Waals surface area contributed by atoms with Gasteiger partial charge in [-0.1, -0.05) is 6.92 Å². The normalized spacial score (nSPS) is 16.2. The summed E-state index contributed by atoms with van der Waals surface area (Å²) in [5.41, 5.74) is -0.385. The van der Waals surface area contributed by atoms with Gasteiger partial charge in [0.25, 0.3) is 0 Å².